The summed E-state index contributed by atoms with van der Waals surface area (Å²) in [6, 6.07) is 0. The number of rotatable bonds is 14. The lowest BCUT2D eigenvalue weighted by molar-refractivity contribution is -0.114. The zero-order valence-electron chi connectivity index (χ0n) is 17.6. The third kappa shape index (κ3) is 13.3. The Kier molecular flexibility index (Phi) is 19.8. The molecular weight excluding hydrogens is 332 g/mol. The van der Waals surface area contributed by atoms with E-state index in [9.17, 15) is 4.79 Å². The summed E-state index contributed by atoms with van der Waals surface area (Å²) in [5, 5.41) is 0. The highest BCUT2D eigenvalue weighted by Crippen LogP contribution is 2.35. The zero-order valence-corrected chi connectivity index (χ0v) is 18.4. The average molecular weight is 377 g/mol. The largest absolute Gasteiger partial charge is 0.366 e. The van der Waals surface area contributed by atoms with Gasteiger partial charge >= 0.3 is 0 Å². The van der Waals surface area contributed by atoms with Gasteiger partial charge in [0.15, 0.2) is 0 Å². The Bertz CT molecular complexity index is 365. The minimum Gasteiger partial charge on any atom is -0.366 e. The quantitative estimate of drug-likeness (QED) is 0.250. The molecule has 0 saturated carbocycles. The van der Waals surface area contributed by atoms with E-state index in [1.54, 1.807) is 0 Å². The summed E-state index contributed by atoms with van der Waals surface area (Å²) in [5.74, 6) is -0.256. The van der Waals surface area contributed by atoms with E-state index in [0.29, 0.717) is 0 Å². The zero-order chi connectivity index (χ0) is 17.7. The van der Waals surface area contributed by atoms with E-state index in [-0.39, 0.29) is 29.9 Å². The maximum absolute atomic E-state index is 11.5. The van der Waals surface area contributed by atoms with Crippen molar-refractivity contribution in [2.75, 3.05) is 0 Å². The van der Waals surface area contributed by atoms with Crippen molar-refractivity contribution in [1.82, 2.24) is 6.15 Å². The average Bonchev–Trinajstić information content (AvgIpc) is 2.51. The van der Waals surface area contributed by atoms with E-state index in [1.165, 1.54) is 69.8 Å². The fourth-order valence-electron chi connectivity index (χ4n) is 3.18. The highest BCUT2D eigenvalue weighted by Gasteiger charge is 2.24. The summed E-state index contributed by atoms with van der Waals surface area (Å²) >= 11 is 0. The third-order valence-electron chi connectivity index (χ3n) is 5.30. The van der Waals surface area contributed by atoms with Gasteiger partial charge in [-0.3, -0.25) is 4.79 Å². The topological polar surface area (TPSA) is 78.1 Å². The first kappa shape index (κ1) is 29.2. The molecule has 3 nitrogen and oxygen atoms in total. The minimum absolute atomic E-state index is 0. The van der Waals surface area contributed by atoms with Gasteiger partial charge in [0.2, 0.25) is 5.91 Å². The smallest absolute Gasteiger partial charge is 0.244 e. The molecule has 0 aliphatic rings. The second kappa shape index (κ2) is 16.9. The van der Waals surface area contributed by atoms with Gasteiger partial charge in [-0.1, -0.05) is 91.1 Å². The Morgan fingerprint density at radius 1 is 0.840 bits per heavy atom. The van der Waals surface area contributed by atoms with Gasteiger partial charge in [-0.05, 0) is 31.6 Å². The molecule has 0 atom stereocenters. The van der Waals surface area contributed by atoms with Crippen molar-refractivity contribution in [2.24, 2.45) is 11.1 Å². The van der Waals surface area contributed by atoms with Gasteiger partial charge in [0, 0.05) is 5.57 Å². The molecule has 0 spiro atoms. The van der Waals surface area contributed by atoms with Gasteiger partial charge in [-0.2, -0.15) is 0 Å². The molecule has 1 amide bonds. The van der Waals surface area contributed by atoms with E-state index in [4.69, 9.17) is 5.73 Å². The maximum atomic E-state index is 11.5. The molecule has 152 valence electrons. The number of carbonyl (C=O) groups excluding carboxylic acids is 1. The van der Waals surface area contributed by atoms with Crippen LogP contribution in [0, 0.1) is 5.41 Å². The number of hydrogen-bond acceptors (Lipinski definition) is 2. The lowest BCUT2D eigenvalue weighted by atomic mass is 9.77. The van der Waals surface area contributed by atoms with Crippen LogP contribution in [-0.4, -0.2) is 5.91 Å². The maximum Gasteiger partial charge on any atom is 0.244 e. The Balaban J connectivity index is -0.00000242. The lowest BCUT2D eigenvalue weighted by Crippen LogP contribution is -2.21. The van der Waals surface area contributed by atoms with E-state index >= 15 is 0 Å². The van der Waals surface area contributed by atoms with E-state index < -0.39 is 0 Å². The molecular formula is C21H45ClN2O. The van der Waals surface area contributed by atoms with Crippen LogP contribution in [0.15, 0.2) is 11.1 Å². The van der Waals surface area contributed by atoms with Gasteiger partial charge in [0.1, 0.15) is 0 Å². The fraction of sp³-hybridized carbons (Fsp3) is 0.857. The van der Waals surface area contributed by atoms with Crippen molar-refractivity contribution >= 4 is 18.3 Å². The highest BCUT2D eigenvalue weighted by molar-refractivity contribution is 5.92. The standard InChI is InChI=1S/C21H41NO.ClH.H3N/c1-6-8-9-10-11-12-13-14-15-16-17-19(18(3)20(22)23)21(4,5)7-2;;/h6-17H2,1-5H3,(H2,22,23);1H;1H3. The molecule has 25 heavy (non-hydrogen) atoms. The summed E-state index contributed by atoms with van der Waals surface area (Å²) in [5.41, 5.74) is 7.65. The molecule has 5 N–H and O–H groups in total. The van der Waals surface area contributed by atoms with Crippen LogP contribution in [0.2, 0.25) is 0 Å². The predicted octanol–water partition coefficient (Wildman–Crippen LogP) is 7.12. The molecule has 0 heterocycles. The molecule has 0 unspecified atom stereocenters. The molecule has 0 aromatic carbocycles. The first-order chi connectivity index (χ1) is 10.9. The number of amides is 1. The van der Waals surface area contributed by atoms with E-state index in [1.807, 2.05) is 6.92 Å². The molecule has 0 aliphatic carbocycles. The van der Waals surface area contributed by atoms with Gasteiger partial charge in [-0.25, -0.2) is 0 Å². The van der Waals surface area contributed by atoms with Crippen LogP contribution in [0.1, 0.15) is 112 Å². The van der Waals surface area contributed by atoms with Crippen LogP contribution < -0.4 is 11.9 Å². The van der Waals surface area contributed by atoms with Crippen molar-refractivity contribution in [3.8, 4) is 0 Å². The van der Waals surface area contributed by atoms with Crippen molar-refractivity contribution in [3.63, 3.8) is 0 Å². The Morgan fingerprint density at radius 3 is 1.60 bits per heavy atom. The molecule has 0 saturated heterocycles. The van der Waals surface area contributed by atoms with Crippen LogP contribution in [0.25, 0.3) is 0 Å². The number of allylic oxidation sites excluding steroid dienone is 1. The van der Waals surface area contributed by atoms with Crippen molar-refractivity contribution < 1.29 is 4.79 Å². The summed E-state index contributed by atoms with van der Waals surface area (Å²) in [6.07, 6.45) is 15.5. The van der Waals surface area contributed by atoms with Crippen molar-refractivity contribution in [3.05, 3.63) is 11.1 Å². The van der Waals surface area contributed by atoms with Gasteiger partial charge in [-0.15, -0.1) is 12.4 Å². The second-order valence-corrected chi connectivity index (χ2v) is 7.64. The van der Waals surface area contributed by atoms with Crippen LogP contribution in [0.3, 0.4) is 0 Å². The summed E-state index contributed by atoms with van der Waals surface area (Å²) in [6.45, 7) is 10.8. The second-order valence-electron chi connectivity index (χ2n) is 7.64. The number of carbonyl (C=O) groups is 1. The molecule has 4 heteroatoms. The van der Waals surface area contributed by atoms with Gasteiger partial charge in [0.25, 0.3) is 0 Å². The molecule has 0 aromatic rings. The van der Waals surface area contributed by atoms with Gasteiger partial charge in [0.05, 0.1) is 0 Å². The molecule has 0 aliphatic heterocycles. The first-order valence-electron chi connectivity index (χ1n) is 9.86. The predicted molar refractivity (Wildman–Crippen MR) is 115 cm³/mol. The summed E-state index contributed by atoms with van der Waals surface area (Å²) in [7, 11) is 0. The third-order valence-corrected chi connectivity index (χ3v) is 5.30. The Hall–Kier alpha value is -0.540. The molecule has 0 fully saturated rings. The number of hydrogen-bond donors (Lipinski definition) is 2. The number of primary amides is 1. The van der Waals surface area contributed by atoms with Crippen LogP contribution in [0.5, 0.6) is 0 Å². The normalized spacial score (nSPS) is 12.0. The highest BCUT2D eigenvalue weighted by atomic mass is 35.5. The molecule has 0 aromatic heterocycles. The minimum atomic E-state index is -0.256. The summed E-state index contributed by atoms with van der Waals surface area (Å²) < 4.78 is 0. The lowest BCUT2D eigenvalue weighted by Gasteiger charge is -2.28. The SMILES string of the molecule is CCCCCCCCCCCCC(=C(C)C(N)=O)C(C)(C)CC.Cl.N. The number of unbranched alkanes of at least 4 members (excludes halogenated alkanes) is 9. The molecule has 0 radical (unpaired) electrons. The first-order valence-corrected chi connectivity index (χ1v) is 9.86. The fourth-order valence-corrected chi connectivity index (χ4v) is 3.18. The van der Waals surface area contributed by atoms with Crippen molar-refractivity contribution in [2.45, 2.75) is 112 Å². The van der Waals surface area contributed by atoms with Crippen LogP contribution in [-0.2, 0) is 4.79 Å². The van der Waals surface area contributed by atoms with E-state index in [0.717, 1.165) is 18.4 Å². The number of nitrogens with two attached hydrogens (primary N) is 1. The summed E-state index contributed by atoms with van der Waals surface area (Å²) in [4.78, 5) is 11.5. The molecule has 0 rings (SSSR count). The Morgan fingerprint density at radius 2 is 1.24 bits per heavy atom. The van der Waals surface area contributed by atoms with Gasteiger partial charge < -0.3 is 11.9 Å². The number of halogens is 1. The monoisotopic (exact) mass is 376 g/mol. The molecule has 0 bridgehead atoms. The van der Waals surface area contributed by atoms with Crippen LogP contribution in [0.4, 0.5) is 0 Å². The van der Waals surface area contributed by atoms with Crippen molar-refractivity contribution in [1.29, 1.82) is 0 Å². The van der Waals surface area contributed by atoms with Crippen LogP contribution >= 0.6 is 12.4 Å². The van der Waals surface area contributed by atoms with E-state index in [2.05, 4.69) is 27.7 Å². The Labute approximate surface area is 163 Å².